The predicted molar refractivity (Wildman–Crippen MR) is 82.7 cm³/mol. The number of hydrogen-bond donors (Lipinski definition) is 2. The molecule has 0 saturated heterocycles. The zero-order valence-corrected chi connectivity index (χ0v) is 13.4. The van der Waals surface area contributed by atoms with E-state index < -0.39 is 5.60 Å². The minimum Gasteiger partial charge on any atom is -0.444 e. The first-order valence-corrected chi connectivity index (χ1v) is 7.94. The van der Waals surface area contributed by atoms with Crippen LogP contribution >= 0.6 is 0 Å². The summed E-state index contributed by atoms with van der Waals surface area (Å²) in [5.41, 5.74) is 0.518. The number of Topliss-reactive ketones (excluding diaryl/α,β-unsaturated/α-hetero) is 1. The van der Waals surface area contributed by atoms with Crippen molar-refractivity contribution in [3.8, 4) is 0 Å². The molecule has 0 aliphatic heterocycles. The number of amides is 1. The number of rotatable bonds is 3. The molecule has 5 heteroatoms. The van der Waals surface area contributed by atoms with Crippen molar-refractivity contribution in [2.24, 2.45) is 11.3 Å². The van der Waals surface area contributed by atoms with Gasteiger partial charge in [-0.25, -0.2) is 4.79 Å². The Balaban J connectivity index is 1.42. The standard InChI is InChI=1S/C17H24N2O3/c1-16(2,3)22-15(21)19-12-9-17(10-12)7-11(8-17)14(20)13-5-4-6-18-13/h4-6,11-12,18H,7-10H2,1-3H3,(H,19,21). The van der Waals surface area contributed by atoms with E-state index in [0.717, 1.165) is 25.7 Å². The van der Waals surface area contributed by atoms with Crippen molar-refractivity contribution in [2.45, 2.75) is 58.1 Å². The van der Waals surface area contributed by atoms with Gasteiger partial charge < -0.3 is 15.0 Å². The van der Waals surface area contributed by atoms with E-state index in [0.29, 0.717) is 5.69 Å². The number of H-pyrrole nitrogens is 1. The molecule has 1 aromatic heterocycles. The van der Waals surface area contributed by atoms with Gasteiger partial charge in [-0.05, 0) is 64.0 Å². The lowest BCUT2D eigenvalue weighted by Crippen LogP contribution is -2.57. The zero-order chi connectivity index (χ0) is 16.0. The molecule has 1 heterocycles. The molecule has 2 aliphatic carbocycles. The van der Waals surface area contributed by atoms with Crippen molar-refractivity contribution < 1.29 is 14.3 Å². The Kier molecular flexibility index (Phi) is 3.54. The summed E-state index contributed by atoms with van der Waals surface area (Å²) in [6.45, 7) is 5.58. The number of hydrogen-bond acceptors (Lipinski definition) is 3. The van der Waals surface area contributed by atoms with E-state index in [-0.39, 0.29) is 29.3 Å². The summed E-state index contributed by atoms with van der Waals surface area (Å²) < 4.78 is 5.26. The van der Waals surface area contributed by atoms with E-state index in [2.05, 4.69) is 10.3 Å². The maximum atomic E-state index is 12.2. The molecule has 1 aromatic rings. The number of aromatic amines is 1. The molecular weight excluding hydrogens is 280 g/mol. The Bertz CT molecular complexity index is 557. The molecule has 120 valence electrons. The van der Waals surface area contributed by atoms with Crippen LogP contribution in [0.4, 0.5) is 4.79 Å². The average Bonchev–Trinajstić information content (AvgIpc) is 2.80. The van der Waals surface area contributed by atoms with Crippen molar-refractivity contribution in [2.75, 3.05) is 0 Å². The fourth-order valence-electron chi connectivity index (χ4n) is 3.77. The lowest BCUT2D eigenvalue weighted by atomic mass is 9.49. The fraction of sp³-hybridized carbons (Fsp3) is 0.647. The van der Waals surface area contributed by atoms with Gasteiger partial charge in [0.15, 0.2) is 5.78 Å². The van der Waals surface area contributed by atoms with Gasteiger partial charge in [-0.3, -0.25) is 4.79 Å². The van der Waals surface area contributed by atoms with Crippen LogP contribution in [0.5, 0.6) is 0 Å². The van der Waals surface area contributed by atoms with Crippen LogP contribution in [-0.2, 0) is 4.74 Å². The van der Waals surface area contributed by atoms with E-state index in [1.807, 2.05) is 32.9 Å². The molecule has 1 amide bonds. The summed E-state index contributed by atoms with van der Waals surface area (Å²) in [5, 5.41) is 2.92. The molecule has 0 unspecified atom stereocenters. The highest BCUT2D eigenvalue weighted by Gasteiger charge is 2.55. The molecule has 5 nitrogen and oxygen atoms in total. The van der Waals surface area contributed by atoms with Gasteiger partial charge in [0.05, 0.1) is 5.69 Å². The lowest BCUT2D eigenvalue weighted by Gasteiger charge is -2.57. The van der Waals surface area contributed by atoms with Gasteiger partial charge in [0.2, 0.25) is 0 Å². The summed E-state index contributed by atoms with van der Waals surface area (Å²) in [7, 11) is 0. The molecule has 22 heavy (non-hydrogen) atoms. The molecule has 2 fully saturated rings. The van der Waals surface area contributed by atoms with E-state index in [1.165, 1.54) is 0 Å². The monoisotopic (exact) mass is 304 g/mol. The second kappa shape index (κ2) is 5.14. The summed E-state index contributed by atoms with van der Waals surface area (Å²) in [5.74, 6) is 0.361. The van der Waals surface area contributed by atoms with Gasteiger partial charge in [0.1, 0.15) is 5.60 Å². The summed E-state index contributed by atoms with van der Waals surface area (Å²) in [4.78, 5) is 26.9. The maximum absolute atomic E-state index is 12.2. The zero-order valence-electron chi connectivity index (χ0n) is 13.4. The molecule has 3 rings (SSSR count). The van der Waals surface area contributed by atoms with Gasteiger partial charge in [-0.2, -0.15) is 0 Å². The Morgan fingerprint density at radius 3 is 2.50 bits per heavy atom. The van der Waals surface area contributed by atoms with Crippen molar-refractivity contribution in [1.29, 1.82) is 0 Å². The summed E-state index contributed by atoms with van der Waals surface area (Å²) in [6, 6.07) is 3.88. The summed E-state index contributed by atoms with van der Waals surface area (Å²) >= 11 is 0. The molecule has 2 aliphatic rings. The molecule has 1 spiro atoms. The van der Waals surface area contributed by atoms with Gasteiger partial charge >= 0.3 is 6.09 Å². The van der Waals surface area contributed by atoms with Crippen LogP contribution in [0.3, 0.4) is 0 Å². The van der Waals surface area contributed by atoms with E-state index in [4.69, 9.17) is 4.74 Å². The normalized spacial score (nSPS) is 30.3. The molecule has 0 aromatic carbocycles. The second-order valence-electron chi connectivity index (χ2n) is 7.80. The van der Waals surface area contributed by atoms with Crippen molar-refractivity contribution in [3.05, 3.63) is 24.0 Å². The van der Waals surface area contributed by atoms with Crippen molar-refractivity contribution >= 4 is 11.9 Å². The largest absolute Gasteiger partial charge is 0.444 e. The van der Waals surface area contributed by atoms with E-state index >= 15 is 0 Å². The van der Waals surface area contributed by atoms with Gasteiger partial charge in [0.25, 0.3) is 0 Å². The highest BCUT2D eigenvalue weighted by Crippen LogP contribution is 2.59. The lowest BCUT2D eigenvalue weighted by molar-refractivity contribution is -0.0411. The predicted octanol–water partition coefficient (Wildman–Crippen LogP) is 3.28. The Hall–Kier alpha value is -1.78. The number of alkyl carbamates (subject to hydrolysis) is 1. The highest BCUT2D eigenvalue weighted by atomic mass is 16.6. The minimum absolute atomic E-state index is 0.140. The third-order valence-corrected chi connectivity index (χ3v) is 4.67. The SMILES string of the molecule is CC(C)(C)OC(=O)NC1CC2(C1)CC(C(=O)c1ccc[nH]1)C2. The Morgan fingerprint density at radius 2 is 1.95 bits per heavy atom. The van der Waals surface area contributed by atoms with Crippen LogP contribution < -0.4 is 5.32 Å². The van der Waals surface area contributed by atoms with E-state index in [9.17, 15) is 9.59 Å². The highest BCUT2D eigenvalue weighted by molar-refractivity contribution is 5.96. The number of carbonyl (C=O) groups is 2. The van der Waals surface area contributed by atoms with Crippen LogP contribution in [0.2, 0.25) is 0 Å². The molecule has 0 radical (unpaired) electrons. The van der Waals surface area contributed by atoms with Gasteiger partial charge in [-0.1, -0.05) is 0 Å². The first-order chi connectivity index (χ1) is 10.3. The van der Waals surface area contributed by atoms with Crippen LogP contribution in [0, 0.1) is 11.3 Å². The van der Waals surface area contributed by atoms with E-state index in [1.54, 1.807) is 6.20 Å². The quantitative estimate of drug-likeness (QED) is 0.842. The van der Waals surface area contributed by atoms with Crippen LogP contribution in [-0.4, -0.2) is 28.5 Å². The molecular formula is C17H24N2O3. The van der Waals surface area contributed by atoms with Crippen molar-refractivity contribution in [3.63, 3.8) is 0 Å². The first kappa shape index (κ1) is 15.1. The molecule has 2 saturated carbocycles. The minimum atomic E-state index is -0.463. The smallest absolute Gasteiger partial charge is 0.407 e. The van der Waals surface area contributed by atoms with Crippen LogP contribution in [0.1, 0.15) is 56.9 Å². The Morgan fingerprint density at radius 1 is 1.27 bits per heavy atom. The van der Waals surface area contributed by atoms with Gasteiger partial charge in [-0.15, -0.1) is 0 Å². The van der Waals surface area contributed by atoms with Crippen LogP contribution in [0.25, 0.3) is 0 Å². The number of ether oxygens (including phenoxy) is 1. The summed E-state index contributed by atoms with van der Waals surface area (Å²) in [6.07, 6.45) is 5.24. The number of nitrogens with one attached hydrogen (secondary N) is 2. The van der Waals surface area contributed by atoms with Crippen LogP contribution in [0.15, 0.2) is 18.3 Å². The topological polar surface area (TPSA) is 71.2 Å². The van der Waals surface area contributed by atoms with Gasteiger partial charge in [0, 0.05) is 18.2 Å². The molecule has 2 N–H and O–H groups in total. The third kappa shape index (κ3) is 3.03. The third-order valence-electron chi connectivity index (χ3n) is 4.67. The maximum Gasteiger partial charge on any atom is 0.407 e. The average molecular weight is 304 g/mol. The second-order valence-corrected chi connectivity index (χ2v) is 7.80. The fourth-order valence-corrected chi connectivity index (χ4v) is 3.77. The van der Waals surface area contributed by atoms with Crippen molar-refractivity contribution in [1.82, 2.24) is 10.3 Å². The number of carbonyl (C=O) groups excluding carboxylic acids is 2. The first-order valence-electron chi connectivity index (χ1n) is 7.94. The molecule has 0 bridgehead atoms. The Labute approximate surface area is 130 Å². The number of aromatic nitrogens is 1. The molecule has 0 atom stereocenters. The number of ketones is 1.